The van der Waals surface area contributed by atoms with Crippen molar-refractivity contribution in [3.05, 3.63) is 33.5 Å². The van der Waals surface area contributed by atoms with Crippen LogP contribution >= 0.6 is 15.9 Å². The molecule has 0 radical (unpaired) electrons. The Morgan fingerprint density at radius 1 is 1.54 bits per heavy atom. The molecule has 0 fully saturated rings. The number of halogens is 2. The van der Waals surface area contributed by atoms with Crippen LogP contribution in [0.2, 0.25) is 0 Å². The Kier molecular flexibility index (Phi) is 2.93. The summed E-state index contributed by atoms with van der Waals surface area (Å²) in [5, 5.41) is 0. The lowest BCUT2D eigenvalue weighted by molar-refractivity contribution is 0.101. The van der Waals surface area contributed by atoms with Gasteiger partial charge >= 0.3 is 0 Å². The fourth-order valence-corrected chi connectivity index (χ4v) is 1.37. The topological polar surface area (TPSA) is 34.1 Å². The highest BCUT2D eigenvalue weighted by molar-refractivity contribution is 9.10. The van der Waals surface area contributed by atoms with Crippen LogP contribution in [0.25, 0.3) is 0 Å². The highest BCUT2D eigenvalue weighted by Gasteiger charge is 2.13. The van der Waals surface area contributed by atoms with Gasteiger partial charge in [-0.25, -0.2) is 4.39 Å². The van der Waals surface area contributed by atoms with E-state index in [0.717, 1.165) is 0 Å². The van der Waals surface area contributed by atoms with Crippen LogP contribution in [0.4, 0.5) is 4.39 Å². The summed E-state index contributed by atoms with van der Waals surface area (Å²) in [6, 6.07) is 2.70. The number of carbonyl (C=O) groups is 2. The van der Waals surface area contributed by atoms with Crippen molar-refractivity contribution in [2.75, 3.05) is 0 Å². The zero-order valence-corrected chi connectivity index (χ0v) is 8.39. The molecule has 0 bridgehead atoms. The number of hydrogen-bond acceptors (Lipinski definition) is 2. The van der Waals surface area contributed by atoms with E-state index in [1.807, 2.05) is 0 Å². The zero-order valence-electron chi connectivity index (χ0n) is 6.80. The molecule has 0 amide bonds. The number of aldehydes is 1. The Bertz CT molecular complexity index is 374. The molecule has 1 aromatic rings. The average molecular weight is 245 g/mol. The molecule has 0 unspecified atom stereocenters. The van der Waals surface area contributed by atoms with Gasteiger partial charge in [0, 0.05) is 5.56 Å². The van der Waals surface area contributed by atoms with Crippen LogP contribution in [-0.2, 0) is 0 Å². The summed E-state index contributed by atoms with van der Waals surface area (Å²) in [5.74, 6) is -1.05. The third-order valence-electron chi connectivity index (χ3n) is 1.62. The number of benzene rings is 1. The lowest BCUT2D eigenvalue weighted by Crippen LogP contribution is -1.99. The van der Waals surface area contributed by atoms with Gasteiger partial charge in [0.1, 0.15) is 5.82 Å². The van der Waals surface area contributed by atoms with Gasteiger partial charge in [0.05, 0.1) is 10.0 Å². The van der Waals surface area contributed by atoms with Gasteiger partial charge in [-0.15, -0.1) is 0 Å². The SMILES string of the molecule is CC(=O)c1ccc(C=O)c(Br)c1F. The van der Waals surface area contributed by atoms with Crippen LogP contribution in [0.1, 0.15) is 27.6 Å². The van der Waals surface area contributed by atoms with Crippen molar-refractivity contribution >= 4 is 28.0 Å². The second-order valence-corrected chi connectivity index (χ2v) is 3.30. The highest BCUT2D eigenvalue weighted by atomic mass is 79.9. The van der Waals surface area contributed by atoms with Gasteiger partial charge in [0.25, 0.3) is 0 Å². The molecule has 0 atom stereocenters. The van der Waals surface area contributed by atoms with Crippen molar-refractivity contribution in [1.82, 2.24) is 0 Å². The van der Waals surface area contributed by atoms with E-state index in [2.05, 4.69) is 15.9 Å². The summed E-state index contributed by atoms with van der Waals surface area (Å²) in [6.45, 7) is 1.27. The minimum Gasteiger partial charge on any atom is -0.298 e. The summed E-state index contributed by atoms with van der Waals surface area (Å²) in [5.41, 5.74) is 0.181. The van der Waals surface area contributed by atoms with Crippen LogP contribution in [0.3, 0.4) is 0 Å². The van der Waals surface area contributed by atoms with Crippen molar-refractivity contribution in [2.45, 2.75) is 6.92 Å². The van der Waals surface area contributed by atoms with Gasteiger partial charge in [0.2, 0.25) is 0 Å². The van der Waals surface area contributed by atoms with E-state index in [4.69, 9.17) is 0 Å². The van der Waals surface area contributed by atoms with Gasteiger partial charge in [-0.2, -0.15) is 0 Å². The van der Waals surface area contributed by atoms with Gasteiger partial charge in [0.15, 0.2) is 12.1 Å². The molecule has 0 aliphatic carbocycles. The molecule has 0 heterocycles. The molecule has 0 saturated carbocycles. The number of hydrogen-bond donors (Lipinski definition) is 0. The maximum Gasteiger partial charge on any atom is 0.162 e. The first-order valence-electron chi connectivity index (χ1n) is 3.52. The number of Topliss-reactive ketones (excluding diaryl/α,β-unsaturated/α-hetero) is 1. The third kappa shape index (κ3) is 1.83. The standard InChI is InChI=1S/C9H6BrFO2/c1-5(13)7-3-2-6(4-12)8(10)9(7)11/h2-4H,1H3. The van der Waals surface area contributed by atoms with Crippen LogP contribution in [0.5, 0.6) is 0 Å². The molecule has 68 valence electrons. The number of rotatable bonds is 2. The number of carbonyl (C=O) groups excluding carboxylic acids is 2. The first-order chi connectivity index (χ1) is 6.07. The van der Waals surface area contributed by atoms with E-state index in [9.17, 15) is 14.0 Å². The molecule has 0 N–H and O–H groups in total. The monoisotopic (exact) mass is 244 g/mol. The Morgan fingerprint density at radius 2 is 2.15 bits per heavy atom. The van der Waals surface area contributed by atoms with Crippen LogP contribution < -0.4 is 0 Å². The summed E-state index contributed by atoms with van der Waals surface area (Å²) in [7, 11) is 0. The minimum absolute atomic E-state index is 0.0162. The highest BCUT2D eigenvalue weighted by Crippen LogP contribution is 2.22. The van der Waals surface area contributed by atoms with Gasteiger partial charge in [-0.1, -0.05) is 0 Å². The quantitative estimate of drug-likeness (QED) is 0.592. The summed E-state index contributed by atoms with van der Waals surface area (Å²) >= 11 is 2.90. The van der Waals surface area contributed by atoms with Crippen molar-refractivity contribution < 1.29 is 14.0 Å². The van der Waals surface area contributed by atoms with E-state index in [1.165, 1.54) is 19.1 Å². The van der Waals surface area contributed by atoms with E-state index >= 15 is 0 Å². The van der Waals surface area contributed by atoms with Crippen molar-refractivity contribution in [2.24, 2.45) is 0 Å². The predicted octanol–water partition coefficient (Wildman–Crippen LogP) is 2.60. The van der Waals surface area contributed by atoms with E-state index < -0.39 is 5.82 Å². The van der Waals surface area contributed by atoms with Crippen molar-refractivity contribution in [1.29, 1.82) is 0 Å². The zero-order chi connectivity index (χ0) is 10.0. The maximum absolute atomic E-state index is 13.3. The molecular formula is C9H6BrFO2. The summed E-state index contributed by atoms with van der Waals surface area (Å²) < 4.78 is 13.3. The molecule has 0 aliphatic heterocycles. The molecule has 1 aromatic carbocycles. The minimum atomic E-state index is -0.683. The lowest BCUT2D eigenvalue weighted by atomic mass is 10.1. The third-order valence-corrected chi connectivity index (χ3v) is 2.42. The number of ketones is 1. The van der Waals surface area contributed by atoms with Crippen molar-refractivity contribution in [3.8, 4) is 0 Å². The molecule has 13 heavy (non-hydrogen) atoms. The van der Waals surface area contributed by atoms with Crippen LogP contribution in [0.15, 0.2) is 16.6 Å². The first-order valence-corrected chi connectivity index (χ1v) is 4.31. The van der Waals surface area contributed by atoms with Crippen LogP contribution in [-0.4, -0.2) is 12.1 Å². The molecule has 0 saturated heterocycles. The Hall–Kier alpha value is -1.03. The molecule has 0 spiro atoms. The predicted molar refractivity (Wildman–Crippen MR) is 49.5 cm³/mol. The second kappa shape index (κ2) is 3.79. The van der Waals surface area contributed by atoms with Gasteiger partial charge < -0.3 is 0 Å². The summed E-state index contributed by atoms with van der Waals surface area (Å²) in [6.07, 6.45) is 0.525. The maximum atomic E-state index is 13.3. The van der Waals surface area contributed by atoms with E-state index in [-0.39, 0.29) is 21.4 Å². The summed E-state index contributed by atoms with van der Waals surface area (Å²) in [4.78, 5) is 21.2. The van der Waals surface area contributed by atoms with Gasteiger partial charge in [-0.3, -0.25) is 9.59 Å². The van der Waals surface area contributed by atoms with Crippen LogP contribution in [0, 0.1) is 5.82 Å². The fraction of sp³-hybridized carbons (Fsp3) is 0.111. The molecular weight excluding hydrogens is 239 g/mol. The lowest BCUT2D eigenvalue weighted by Gasteiger charge is -2.02. The molecule has 4 heteroatoms. The Labute approximate surface area is 82.9 Å². The largest absolute Gasteiger partial charge is 0.298 e. The molecule has 1 rings (SSSR count). The average Bonchev–Trinajstić information content (AvgIpc) is 2.09. The Balaban J connectivity index is 3.39. The van der Waals surface area contributed by atoms with E-state index in [1.54, 1.807) is 0 Å². The Morgan fingerprint density at radius 3 is 2.62 bits per heavy atom. The second-order valence-electron chi connectivity index (χ2n) is 2.50. The molecule has 2 nitrogen and oxygen atoms in total. The normalized spacial score (nSPS) is 9.77. The fourth-order valence-electron chi connectivity index (χ4n) is 0.927. The first kappa shape index (κ1) is 10.1. The van der Waals surface area contributed by atoms with E-state index in [0.29, 0.717) is 6.29 Å². The molecule has 0 aliphatic rings. The van der Waals surface area contributed by atoms with Crippen molar-refractivity contribution in [3.63, 3.8) is 0 Å². The van der Waals surface area contributed by atoms with Gasteiger partial charge in [-0.05, 0) is 35.0 Å². The molecule has 0 aromatic heterocycles. The smallest absolute Gasteiger partial charge is 0.162 e.